The predicted molar refractivity (Wildman–Crippen MR) is 125 cm³/mol. The van der Waals surface area contributed by atoms with Gasteiger partial charge in [0, 0.05) is 14.5 Å². The molecule has 0 saturated heterocycles. The Kier molecular flexibility index (Phi) is 7.08. The van der Waals surface area contributed by atoms with Crippen molar-refractivity contribution in [2.45, 2.75) is 11.8 Å². The summed E-state index contributed by atoms with van der Waals surface area (Å²) in [6.45, 7) is 1.39. The molecule has 156 valence electrons. The van der Waals surface area contributed by atoms with Crippen molar-refractivity contribution < 1.29 is 13.2 Å². The summed E-state index contributed by atoms with van der Waals surface area (Å²) in [4.78, 5) is 12.8. The van der Waals surface area contributed by atoms with E-state index in [-0.39, 0.29) is 20.6 Å². The maximum absolute atomic E-state index is 13.4. The molecule has 9 heteroatoms. The Hall–Kier alpha value is -2.06. The number of carbonyl (C=O) groups is 1. The van der Waals surface area contributed by atoms with Crippen LogP contribution in [0.5, 0.6) is 0 Å². The maximum atomic E-state index is 13.4. The molecule has 3 rings (SSSR count). The van der Waals surface area contributed by atoms with Gasteiger partial charge in [-0.05, 0) is 65.3 Å². The minimum absolute atomic E-state index is 0.0536. The molecule has 0 heterocycles. The van der Waals surface area contributed by atoms with Gasteiger partial charge in [0.05, 0.1) is 16.3 Å². The van der Waals surface area contributed by atoms with E-state index in [2.05, 4.69) is 21.2 Å². The monoisotopic (exact) mass is 526 g/mol. The molecular weight excluding hydrogens is 511 g/mol. The van der Waals surface area contributed by atoms with E-state index in [0.717, 1.165) is 9.87 Å². The van der Waals surface area contributed by atoms with Crippen LogP contribution >= 0.6 is 39.1 Å². The van der Waals surface area contributed by atoms with Crippen LogP contribution in [-0.4, -0.2) is 20.9 Å². The van der Waals surface area contributed by atoms with Crippen molar-refractivity contribution in [3.05, 3.63) is 86.8 Å². The summed E-state index contributed by atoms with van der Waals surface area (Å²) in [5.41, 5.74) is 1.63. The van der Waals surface area contributed by atoms with Crippen LogP contribution in [0, 0.1) is 6.92 Å². The number of hydrogen-bond acceptors (Lipinski definition) is 3. The minimum atomic E-state index is -4.06. The fourth-order valence-electron chi connectivity index (χ4n) is 2.72. The van der Waals surface area contributed by atoms with Crippen molar-refractivity contribution in [1.82, 2.24) is 0 Å². The SMILES string of the molecule is Cc1ccc(S(=O)(=O)N(CC(=O)Nc2ccccc2Br)c2cc(Cl)cc(Cl)c2)cc1. The van der Waals surface area contributed by atoms with Crippen LogP contribution in [0.3, 0.4) is 0 Å². The molecule has 3 aromatic carbocycles. The first-order valence-electron chi connectivity index (χ1n) is 8.77. The van der Waals surface area contributed by atoms with E-state index in [4.69, 9.17) is 23.2 Å². The number of sulfonamides is 1. The lowest BCUT2D eigenvalue weighted by atomic mass is 10.2. The number of aryl methyl sites for hydroxylation is 1. The van der Waals surface area contributed by atoms with Crippen molar-refractivity contribution in [1.29, 1.82) is 0 Å². The van der Waals surface area contributed by atoms with Crippen LogP contribution in [0.4, 0.5) is 11.4 Å². The second-order valence-electron chi connectivity index (χ2n) is 6.48. The summed E-state index contributed by atoms with van der Waals surface area (Å²) in [7, 11) is -4.06. The molecule has 0 aliphatic carbocycles. The molecule has 0 spiro atoms. The molecule has 0 bridgehead atoms. The van der Waals surface area contributed by atoms with E-state index in [1.54, 1.807) is 30.3 Å². The van der Waals surface area contributed by atoms with Crippen LogP contribution in [0.15, 0.2) is 76.1 Å². The lowest BCUT2D eigenvalue weighted by Gasteiger charge is -2.24. The molecular formula is C21H17BrCl2N2O3S. The highest BCUT2D eigenvalue weighted by Crippen LogP contribution is 2.30. The molecule has 0 unspecified atom stereocenters. The number of amides is 1. The highest BCUT2D eigenvalue weighted by atomic mass is 79.9. The summed E-state index contributed by atoms with van der Waals surface area (Å²) in [6, 6.07) is 17.8. The van der Waals surface area contributed by atoms with Crippen LogP contribution in [0.1, 0.15) is 5.56 Å². The number of hydrogen-bond donors (Lipinski definition) is 1. The quantitative estimate of drug-likeness (QED) is 0.434. The molecule has 0 aromatic heterocycles. The summed E-state index contributed by atoms with van der Waals surface area (Å²) in [5.74, 6) is -0.520. The van der Waals surface area contributed by atoms with Gasteiger partial charge in [-0.3, -0.25) is 9.10 Å². The Labute approximate surface area is 193 Å². The van der Waals surface area contributed by atoms with Gasteiger partial charge in [-0.25, -0.2) is 8.42 Å². The maximum Gasteiger partial charge on any atom is 0.264 e. The lowest BCUT2D eigenvalue weighted by molar-refractivity contribution is -0.114. The Balaban J connectivity index is 2.00. The average Bonchev–Trinajstić information content (AvgIpc) is 2.67. The van der Waals surface area contributed by atoms with Crippen molar-refractivity contribution in [3.8, 4) is 0 Å². The highest BCUT2D eigenvalue weighted by Gasteiger charge is 2.28. The highest BCUT2D eigenvalue weighted by molar-refractivity contribution is 9.10. The summed E-state index contributed by atoms with van der Waals surface area (Å²) in [6.07, 6.45) is 0. The summed E-state index contributed by atoms with van der Waals surface area (Å²) in [5, 5.41) is 3.23. The van der Waals surface area contributed by atoms with Crippen molar-refractivity contribution in [2.24, 2.45) is 0 Å². The third-order valence-electron chi connectivity index (χ3n) is 4.18. The largest absolute Gasteiger partial charge is 0.323 e. The molecule has 0 radical (unpaired) electrons. The third kappa shape index (κ3) is 5.35. The van der Waals surface area contributed by atoms with Crippen LogP contribution in [-0.2, 0) is 14.8 Å². The van der Waals surface area contributed by atoms with Gasteiger partial charge in [-0.15, -0.1) is 0 Å². The van der Waals surface area contributed by atoms with E-state index in [1.807, 2.05) is 13.0 Å². The van der Waals surface area contributed by atoms with Crippen LogP contribution in [0.2, 0.25) is 10.0 Å². The predicted octanol–water partition coefficient (Wildman–Crippen LogP) is 5.90. The van der Waals surface area contributed by atoms with Crippen LogP contribution in [0.25, 0.3) is 0 Å². The summed E-state index contributed by atoms with van der Waals surface area (Å²) >= 11 is 15.5. The second kappa shape index (κ2) is 9.39. The van der Waals surface area contributed by atoms with Gasteiger partial charge < -0.3 is 5.32 Å². The van der Waals surface area contributed by atoms with Crippen molar-refractivity contribution in [2.75, 3.05) is 16.2 Å². The van der Waals surface area contributed by atoms with E-state index >= 15 is 0 Å². The molecule has 30 heavy (non-hydrogen) atoms. The number of carbonyl (C=O) groups excluding carboxylic acids is 1. The zero-order valence-electron chi connectivity index (χ0n) is 15.8. The zero-order chi connectivity index (χ0) is 21.9. The number of benzene rings is 3. The standard InChI is InChI=1S/C21H17BrCl2N2O3S/c1-14-6-8-18(9-7-14)30(28,29)26(17-11-15(23)10-16(24)12-17)13-21(27)25-20-5-3-2-4-19(20)22/h2-12H,13H2,1H3,(H,25,27). The molecule has 3 aromatic rings. The Morgan fingerprint density at radius 2 is 1.60 bits per heavy atom. The number of para-hydroxylation sites is 1. The van der Waals surface area contributed by atoms with Gasteiger partial charge in [-0.1, -0.05) is 53.0 Å². The van der Waals surface area contributed by atoms with E-state index < -0.39 is 22.5 Å². The van der Waals surface area contributed by atoms with E-state index in [1.165, 1.54) is 30.3 Å². The molecule has 5 nitrogen and oxygen atoms in total. The number of rotatable bonds is 6. The molecule has 0 aliphatic heterocycles. The number of nitrogens with one attached hydrogen (secondary N) is 1. The number of nitrogens with zero attached hydrogens (tertiary/aromatic N) is 1. The van der Waals surface area contributed by atoms with Gasteiger partial charge in [0.25, 0.3) is 10.0 Å². The van der Waals surface area contributed by atoms with Gasteiger partial charge in [0.2, 0.25) is 5.91 Å². The first kappa shape index (κ1) is 22.6. The van der Waals surface area contributed by atoms with Crippen molar-refractivity contribution >= 4 is 66.4 Å². The molecule has 0 fully saturated rings. The smallest absolute Gasteiger partial charge is 0.264 e. The van der Waals surface area contributed by atoms with Gasteiger partial charge in [0.15, 0.2) is 0 Å². The van der Waals surface area contributed by atoms with Crippen molar-refractivity contribution in [3.63, 3.8) is 0 Å². The average molecular weight is 528 g/mol. The second-order valence-corrected chi connectivity index (χ2v) is 10.1. The molecule has 0 saturated carbocycles. The van der Waals surface area contributed by atoms with Crippen LogP contribution < -0.4 is 9.62 Å². The van der Waals surface area contributed by atoms with E-state index in [0.29, 0.717) is 10.2 Å². The van der Waals surface area contributed by atoms with Gasteiger partial charge in [-0.2, -0.15) is 0 Å². The molecule has 1 N–H and O–H groups in total. The minimum Gasteiger partial charge on any atom is -0.323 e. The first-order chi connectivity index (χ1) is 14.2. The third-order valence-corrected chi connectivity index (χ3v) is 7.10. The Bertz CT molecular complexity index is 1160. The molecule has 1 amide bonds. The number of anilines is 2. The normalized spacial score (nSPS) is 11.2. The Morgan fingerprint density at radius 1 is 1.00 bits per heavy atom. The first-order valence-corrected chi connectivity index (χ1v) is 11.8. The topological polar surface area (TPSA) is 66.5 Å². The van der Waals surface area contributed by atoms with Gasteiger partial charge >= 0.3 is 0 Å². The number of halogens is 3. The van der Waals surface area contributed by atoms with E-state index in [9.17, 15) is 13.2 Å². The van der Waals surface area contributed by atoms with Gasteiger partial charge in [0.1, 0.15) is 6.54 Å². The zero-order valence-corrected chi connectivity index (χ0v) is 19.7. The summed E-state index contributed by atoms with van der Waals surface area (Å²) < 4.78 is 28.4. The molecule has 0 aliphatic rings. The fourth-order valence-corrected chi connectivity index (χ4v) is 5.02. The fraction of sp³-hybridized carbons (Fsp3) is 0.0952. The Morgan fingerprint density at radius 3 is 2.20 bits per heavy atom. The lowest BCUT2D eigenvalue weighted by Crippen LogP contribution is -2.38. The molecule has 0 atom stereocenters.